The standard InChI is InChI=1S/C25H44O8/c1-12(2)20(13(3)4)32-24-22(15(6)14(5)11-28-24)33-25-23(31-19(10)27)21(30-18(9)26)16(7)17(8)29-25/h12-17,20-25H,11H2,1-10H3/t14-,15-,16-,17-,21+,22+,23+,24?,25-/m0/s1. The summed E-state index contributed by atoms with van der Waals surface area (Å²) in [6.07, 6.45) is -3.82. The van der Waals surface area contributed by atoms with E-state index in [1.54, 1.807) is 0 Å². The van der Waals surface area contributed by atoms with Crippen molar-refractivity contribution in [3.8, 4) is 0 Å². The fourth-order valence-electron chi connectivity index (χ4n) is 4.69. The smallest absolute Gasteiger partial charge is 0.303 e. The topological polar surface area (TPSA) is 89.5 Å². The van der Waals surface area contributed by atoms with Crippen molar-refractivity contribution in [3.05, 3.63) is 0 Å². The van der Waals surface area contributed by atoms with Gasteiger partial charge in [0.25, 0.3) is 0 Å². The summed E-state index contributed by atoms with van der Waals surface area (Å²) in [6, 6.07) is 0. The van der Waals surface area contributed by atoms with Gasteiger partial charge in [-0.1, -0.05) is 48.5 Å². The Morgan fingerprint density at radius 2 is 1.33 bits per heavy atom. The van der Waals surface area contributed by atoms with E-state index in [1.165, 1.54) is 13.8 Å². The molecule has 2 rings (SSSR count). The highest BCUT2D eigenvalue weighted by Gasteiger charge is 2.50. The quantitative estimate of drug-likeness (QED) is 0.491. The molecular formula is C25H44O8. The number of ether oxygens (including phenoxy) is 6. The molecule has 0 amide bonds. The van der Waals surface area contributed by atoms with Gasteiger partial charge in [-0.25, -0.2) is 0 Å². The monoisotopic (exact) mass is 472 g/mol. The SMILES string of the molecule is CC(=O)O[C@@H]1[C@@H](C)[C@H](C)O[C@@H](O[C@H]2C(OC(C(C)C)C(C)C)OC[C@H](C)[C@@H]2C)[C@@H]1OC(C)=O. The van der Waals surface area contributed by atoms with E-state index in [0.29, 0.717) is 18.4 Å². The maximum absolute atomic E-state index is 11.9. The van der Waals surface area contributed by atoms with Crippen LogP contribution in [0.4, 0.5) is 0 Å². The number of carbonyl (C=O) groups is 2. The Balaban J connectivity index is 2.33. The van der Waals surface area contributed by atoms with E-state index < -0.39 is 42.8 Å². The fourth-order valence-corrected chi connectivity index (χ4v) is 4.69. The number of carbonyl (C=O) groups excluding carboxylic acids is 2. The molecule has 0 spiro atoms. The summed E-state index contributed by atoms with van der Waals surface area (Å²) in [5, 5.41) is 0. The molecule has 1 unspecified atom stereocenters. The minimum Gasteiger partial charge on any atom is -0.458 e. The van der Waals surface area contributed by atoms with Crippen LogP contribution in [-0.4, -0.2) is 61.6 Å². The minimum absolute atomic E-state index is 0.00835. The lowest BCUT2D eigenvalue weighted by Gasteiger charge is -2.47. The zero-order chi connectivity index (χ0) is 25.0. The Bertz CT molecular complexity index is 642. The first-order valence-corrected chi connectivity index (χ1v) is 12.3. The highest BCUT2D eigenvalue weighted by molar-refractivity contribution is 5.67. The van der Waals surface area contributed by atoms with E-state index in [1.807, 2.05) is 13.8 Å². The van der Waals surface area contributed by atoms with Gasteiger partial charge in [0.05, 0.1) is 18.8 Å². The Hall–Kier alpha value is -1.22. The predicted octanol–water partition coefficient (Wildman–Crippen LogP) is 3.94. The van der Waals surface area contributed by atoms with Crippen LogP contribution in [0.1, 0.15) is 69.2 Å². The van der Waals surface area contributed by atoms with Gasteiger partial charge in [0.15, 0.2) is 18.7 Å². The molecular weight excluding hydrogens is 428 g/mol. The zero-order valence-corrected chi connectivity index (χ0v) is 21.9. The van der Waals surface area contributed by atoms with Gasteiger partial charge in [-0.15, -0.1) is 0 Å². The molecule has 2 aliphatic heterocycles. The third-order valence-electron chi connectivity index (χ3n) is 6.91. The van der Waals surface area contributed by atoms with Crippen molar-refractivity contribution in [2.75, 3.05) is 6.61 Å². The van der Waals surface area contributed by atoms with E-state index >= 15 is 0 Å². The summed E-state index contributed by atoms with van der Waals surface area (Å²) >= 11 is 0. The van der Waals surface area contributed by atoms with E-state index in [0.717, 1.165) is 0 Å². The van der Waals surface area contributed by atoms with Gasteiger partial charge in [0.1, 0.15) is 12.2 Å². The van der Waals surface area contributed by atoms with Crippen molar-refractivity contribution in [2.45, 2.75) is 112 Å². The van der Waals surface area contributed by atoms with Crippen LogP contribution in [0.2, 0.25) is 0 Å². The molecule has 0 aromatic heterocycles. The lowest BCUT2D eigenvalue weighted by Crippen LogP contribution is -2.59. The molecule has 33 heavy (non-hydrogen) atoms. The van der Waals surface area contributed by atoms with Crippen molar-refractivity contribution in [1.29, 1.82) is 0 Å². The second-order valence-electron chi connectivity index (χ2n) is 10.4. The second kappa shape index (κ2) is 12.0. The van der Waals surface area contributed by atoms with Gasteiger partial charge >= 0.3 is 11.9 Å². The summed E-state index contributed by atoms with van der Waals surface area (Å²) in [4.78, 5) is 23.7. The molecule has 2 fully saturated rings. The van der Waals surface area contributed by atoms with Crippen molar-refractivity contribution < 1.29 is 38.0 Å². The van der Waals surface area contributed by atoms with E-state index in [2.05, 4.69) is 41.5 Å². The molecule has 0 saturated carbocycles. The predicted molar refractivity (Wildman–Crippen MR) is 122 cm³/mol. The molecule has 2 heterocycles. The van der Waals surface area contributed by atoms with Gasteiger partial charge in [0.2, 0.25) is 0 Å². The Labute approximate surface area is 198 Å². The molecule has 0 aromatic carbocycles. The van der Waals surface area contributed by atoms with Crippen LogP contribution < -0.4 is 0 Å². The van der Waals surface area contributed by atoms with Crippen LogP contribution in [0.3, 0.4) is 0 Å². The lowest BCUT2D eigenvalue weighted by molar-refractivity contribution is -0.347. The molecule has 2 saturated heterocycles. The molecule has 2 aliphatic rings. The molecule has 0 N–H and O–H groups in total. The highest BCUT2D eigenvalue weighted by Crippen LogP contribution is 2.36. The van der Waals surface area contributed by atoms with Gasteiger partial charge in [0, 0.05) is 19.8 Å². The summed E-state index contributed by atoms with van der Waals surface area (Å²) < 4.78 is 36.4. The Morgan fingerprint density at radius 1 is 0.788 bits per heavy atom. The summed E-state index contributed by atoms with van der Waals surface area (Å²) in [5.74, 6) is -0.177. The van der Waals surface area contributed by atoms with Crippen molar-refractivity contribution in [1.82, 2.24) is 0 Å². The molecule has 0 aliphatic carbocycles. The van der Waals surface area contributed by atoms with Crippen LogP contribution in [0, 0.1) is 29.6 Å². The second-order valence-corrected chi connectivity index (χ2v) is 10.4. The average Bonchev–Trinajstić information content (AvgIpc) is 2.70. The first-order valence-electron chi connectivity index (χ1n) is 12.3. The van der Waals surface area contributed by atoms with E-state index in [-0.39, 0.29) is 30.0 Å². The largest absolute Gasteiger partial charge is 0.458 e. The maximum Gasteiger partial charge on any atom is 0.303 e. The third kappa shape index (κ3) is 7.13. The minimum atomic E-state index is -0.923. The maximum atomic E-state index is 11.9. The van der Waals surface area contributed by atoms with Crippen LogP contribution in [0.5, 0.6) is 0 Å². The molecule has 0 aromatic rings. The first-order chi connectivity index (χ1) is 15.3. The summed E-state index contributed by atoms with van der Waals surface area (Å²) in [6.45, 7) is 19.8. The molecule has 8 nitrogen and oxygen atoms in total. The van der Waals surface area contributed by atoms with Crippen LogP contribution in [-0.2, 0) is 38.0 Å². The van der Waals surface area contributed by atoms with Crippen molar-refractivity contribution in [2.24, 2.45) is 29.6 Å². The van der Waals surface area contributed by atoms with Gasteiger partial charge in [-0.05, 0) is 30.6 Å². The van der Waals surface area contributed by atoms with Crippen molar-refractivity contribution >= 4 is 11.9 Å². The van der Waals surface area contributed by atoms with E-state index in [9.17, 15) is 9.59 Å². The third-order valence-corrected chi connectivity index (χ3v) is 6.91. The number of hydrogen-bond acceptors (Lipinski definition) is 8. The van der Waals surface area contributed by atoms with Gasteiger partial charge in [-0.2, -0.15) is 0 Å². The van der Waals surface area contributed by atoms with Crippen molar-refractivity contribution in [3.63, 3.8) is 0 Å². The Kier molecular flexibility index (Phi) is 10.2. The molecule has 8 heteroatoms. The fraction of sp³-hybridized carbons (Fsp3) is 0.920. The molecule has 0 radical (unpaired) electrons. The number of esters is 2. The van der Waals surface area contributed by atoms with Crippen LogP contribution in [0.25, 0.3) is 0 Å². The summed E-state index contributed by atoms with van der Waals surface area (Å²) in [7, 11) is 0. The molecule has 9 atom stereocenters. The lowest BCUT2D eigenvalue weighted by atomic mass is 9.87. The normalized spacial score (nSPS) is 37.4. The molecule has 0 bridgehead atoms. The Morgan fingerprint density at radius 3 is 1.85 bits per heavy atom. The van der Waals surface area contributed by atoms with E-state index in [4.69, 9.17) is 28.4 Å². The van der Waals surface area contributed by atoms with Gasteiger partial charge < -0.3 is 28.4 Å². The summed E-state index contributed by atoms with van der Waals surface area (Å²) in [5.41, 5.74) is 0. The molecule has 192 valence electrons. The highest BCUT2D eigenvalue weighted by atomic mass is 16.8. The first kappa shape index (κ1) is 28.0. The number of rotatable bonds is 8. The zero-order valence-electron chi connectivity index (χ0n) is 21.9. The van der Waals surface area contributed by atoms with Gasteiger partial charge in [-0.3, -0.25) is 9.59 Å². The van der Waals surface area contributed by atoms with Crippen LogP contribution in [0.15, 0.2) is 0 Å². The van der Waals surface area contributed by atoms with Crippen LogP contribution >= 0.6 is 0 Å². The number of hydrogen-bond donors (Lipinski definition) is 0. The average molecular weight is 473 g/mol.